The fraction of sp³-hybridized carbons (Fsp3) is 0.214. The smallest absolute Gasteiger partial charge is 0.300 e. The van der Waals surface area contributed by atoms with E-state index in [-0.39, 0.29) is 16.9 Å². The van der Waals surface area contributed by atoms with Crippen molar-refractivity contribution in [2.45, 2.75) is 19.9 Å². The van der Waals surface area contributed by atoms with Crippen molar-refractivity contribution < 1.29 is 28.9 Å². The fourth-order valence-corrected chi connectivity index (χ4v) is 4.51. The monoisotopic (exact) mass is 473 g/mol. The maximum Gasteiger partial charge on any atom is 0.300 e. The second-order valence-corrected chi connectivity index (χ2v) is 8.32. The zero-order valence-electron chi connectivity index (χ0n) is 20.3. The first-order valence-electron chi connectivity index (χ1n) is 11.0. The molecule has 1 fully saturated rings. The Morgan fingerprint density at radius 3 is 2.11 bits per heavy atom. The molecule has 3 aromatic rings. The molecule has 1 aliphatic rings. The number of Topliss-reactive ketones (excluding diaryl/α,β-unsaturated/α-hetero) is 1. The molecule has 1 N–H and O–H groups in total. The SMILES string of the molecule is COc1ccc(/C(O)=C2\C(=O)C(=O)N(c3cc(C)cc(C)c3)C2c2ccccc2OC)c(OC)c1. The maximum absolute atomic E-state index is 13.5. The van der Waals surface area contributed by atoms with Gasteiger partial charge in [-0.15, -0.1) is 0 Å². The Morgan fingerprint density at radius 2 is 1.49 bits per heavy atom. The first-order valence-corrected chi connectivity index (χ1v) is 11.0. The average Bonchev–Trinajstić information content (AvgIpc) is 3.12. The molecule has 1 aliphatic heterocycles. The number of aliphatic hydroxyl groups is 1. The summed E-state index contributed by atoms with van der Waals surface area (Å²) in [5.41, 5.74) is 3.23. The van der Waals surface area contributed by atoms with Gasteiger partial charge < -0.3 is 19.3 Å². The minimum atomic E-state index is -0.917. The molecular weight excluding hydrogens is 446 g/mol. The van der Waals surface area contributed by atoms with E-state index in [1.165, 1.54) is 26.2 Å². The molecule has 7 nitrogen and oxygen atoms in total. The number of ketones is 1. The Hall–Kier alpha value is -4.26. The van der Waals surface area contributed by atoms with Gasteiger partial charge in [0.2, 0.25) is 0 Å². The van der Waals surface area contributed by atoms with E-state index in [0.717, 1.165) is 11.1 Å². The highest BCUT2D eigenvalue weighted by atomic mass is 16.5. The fourth-order valence-electron chi connectivity index (χ4n) is 4.51. The maximum atomic E-state index is 13.5. The number of methoxy groups -OCH3 is 3. The van der Waals surface area contributed by atoms with E-state index < -0.39 is 17.7 Å². The number of amides is 1. The van der Waals surface area contributed by atoms with E-state index in [4.69, 9.17) is 14.2 Å². The molecule has 4 rings (SSSR count). The Morgan fingerprint density at radius 1 is 0.829 bits per heavy atom. The minimum absolute atomic E-state index is 0.0536. The van der Waals surface area contributed by atoms with Crippen LogP contribution in [0.2, 0.25) is 0 Å². The van der Waals surface area contributed by atoms with Gasteiger partial charge in [-0.05, 0) is 55.3 Å². The number of carbonyl (C=O) groups excluding carboxylic acids is 2. The molecule has 0 spiro atoms. The van der Waals surface area contributed by atoms with Crippen LogP contribution in [0.1, 0.15) is 28.3 Å². The molecule has 1 saturated heterocycles. The molecule has 0 aromatic heterocycles. The Kier molecular flexibility index (Phi) is 6.51. The lowest BCUT2D eigenvalue weighted by molar-refractivity contribution is -0.132. The summed E-state index contributed by atoms with van der Waals surface area (Å²) in [6, 6.07) is 16.7. The van der Waals surface area contributed by atoms with Gasteiger partial charge in [-0.25, -0.2) is 0 Å². The van der Waals surface area contributed by atoms with Crippen molar-refractivity contribution >= 4 is 23.1 Å². The first-order chi connectivity index (χ1) is 16.8. The molecule has 1 atom stereocenters. The van der Waals surface area contributed by atoms with Crippen LogP contribution in [0.5, 0.6) is 17.2 Å². The van der Waals surface area contributed by atoms with Crippen LogP contribution < -0.4 is 19.1 Å². The molecule has 35 heavy (non-hydrogen) atoms. The quantitative estimate of drug-likeness (QED) is 0.310. The van der Waals surface area contributed by atoms with Crippen LogP contribution in [0.3, 0.4) is 0 Å². The normalized spacial score (nSPS) is 16.9. The highest BCUT2D eigenvalue weighted by molar-refractivity contribution is 6.51. The summed E-state index contributed by atoms with van der Waals surface area (Å²) in [5.74, 6) is -0.559. The van der Waals surface area contributed by atoms with Gasteiger partial charge >= 0.3 is 0 Å². The summed E-state index contributed by atoms with van der Waals surface area (Å²) in [6.45, 7) is 3.85. The van der Waals surface area contributed by atoms with Crippen molar-refractivity contribution in [1.29, 1.82) is 0 Å². The van der Waals surface area contributed by atoms with Crippen molar-refractivity contribution in [2.75, 3.05) is 26.2 Å². The average molecular weight is 474 g/mol. The lowest BCUT2D eigenvalue weighted by Crippen LogP contribution is -2.29. The predicted molar refractivity (Wildman–Crippen MR) is 133 cm³/mol. The zero-order valence-corrected chi connectivity index (χ0v) is 20.3. The lowest BCUT2D eigenvalue weighted by Gasteiger charge is -2.27. The number of para-hydroxylation sites is 1. The van der Waals surface area contributed by atoms with Crippen LogP contribution in [-0.2, 0) is 9.59 Å². The van der Waals surface area contributed by atoms with Crippen LogP contribution in [0.15, 0.2) is 66.2 Å². The lowest BCUT2D eigenvalue weighted by atomic mass is 9.94. The molecule has 1 heterocycles. The van der Waals surface area contributed by atoms with Crippen LogP contribution in [-0.4, -0.2) is 38.1 Å². The molecule has 1 amide bonds. The number of aliphatic hydroxyl groups excluding tert-OH is 1. The molecule has 0 radical (unpaired) electrons. The number of nitrogens with zero attached hydrogens (tertiary/aromatic N) is 1. The summed E-state index contributed by atoms with van der Waals surface area (Å²) < 4.78 is 16.3. The number of aryl methyl sites for hydroxylation is 2. The van der Waals surface area contributed by atoms with Gasteiger partial charge in [0.05, 0.1) is 38.5 Å². The molecule has 0 bridgehead atoms. The summed E-state index contributed by atoms with van der Waals surface area (Å²) in [4.78, 5) is 28.3. The third kappa shape index (κ3) is 4.21. The van der Waals surface area contributed by atoms with Gasteiger partial charge in [0.1, 0.15) is 23.0 Å². The Bertz CT molecular complexity index is 1320. The topological polar surface area (TPSA) is 85.3 Å². The van der Waals surface area contributed by atoms with Crippen molar-refractivity contribution in [1.82, 2.24) is 0 Å². The number of anilines is 1. The van der Waals surface area contributed by atoms with Gasteiger partial charge in [-0.1, -0.05) is 24.3 Å². The number of hydrogen-bond donors (Lipinski definition) is 1. The van der Waals surface area contributed by atoms with Crippen LogP contribution in [0.4, 0.5) is 5.69 Å². The van der Waals surface area contributed by atoms with E-state index in [1.54, 1.807) is 42.5 Å². The Balaban J connectivity index is 2.02. The third-order valence-corrected chi connectivity index (χ3v) is 6.03. The number of hydrogen-bond acceptors (Lipinski definition) is 6. The largest absolute Gasteiger partial charge is 0.507 e. The highest BCUT2D eigenvalue weighted by Gasteiger charge is 2.48. The predicted octanol–water partition coefficient (Wildman–Crippen LogP) is 4.96. The highest BCUT2D eigenvalue weighted by Crippen LogP contribution is 2.46. The second-order valence-electron chi connectivity index (χ2n) is 8.32. The van der Waals surface area contributed by atoms with Crippen molar-refractivity contribution in [2.24, 2.45) is 0 Å². The van der Waals surface area contributed by atoms with E-state index in [0.29, 0.717) is 28.5 Å². The summed E-state index contributed by atoms with van der Waals surface area (Å²) in [5, 5.41) is 11.5. The van der Waals surface area contributed by atoms with E-state index in [1.807, 2.05) is 32.0 Å². The second kappa shape index (κ2) is 9.54. The molecule has 0 aliphatic carbocycles. The number of carbonyl (C=O) groups is 2. The molecule has 3 aromatic carbocycles. The van der Waals surface area contributed by atoms with Crippen LogP contribution in [0.25, 0.3) is 5.76 Å². The zero-order chi connectivity index (χ0) is 25.3. The standard InChI is InChI=1S/C28H27NO6/c1-16-12-17(2)14-18(13-16)29-25(20-8-6-7-9-22(20)34-4)24(27(31)28(29)32)26(30)21-11-10-19(33-3)15-23(21)35-5/h6-15,25,30H,1-5H3/b26-24+. The van der Waals surface area contributed by atoms with Crippen molar-refractivity contribution in [3.63, 3.8) is 0 Å². The van der Waals surface area contributed by atoms with E-state index in [9.17, 15) is 14.7 Å². The van der Waals surface area contributed by atoms with Gasteiger partial charge in [0.15, 0.2) is 0 Å². The van der Waals surface area contributed by atoms with Gasteiger partial charge in [0.25, 0.3) is 11.7 Å². The number of ether oxygens (including phenoxy) is 3. The molecular formula is C28H27NO6. The molecule has 180 valence electrons. The van der Waals surface area contributed by atoms with Crippen molar-refractivity contribution in [3.8, 4) is 17.2 Å². The summed E-state index contributed by atoms with van der Waals surface area (Å²) in [7, 11) is 4.50. The molecule has 0 saturated carbocycles. The van der Waals surface area contributed by atoms with E-state index in [2.05, 4.69) is 0 Å². The molecule has 1 unspecified atom stereocenters. The Labute approximate surface area is 204 Å². The molecule has 7 heteroatoms. The first kappa shape index (κ1) is 23.9. The van der Waals surface area contributed by atoms with Gasteiger partial charge in [0, 0.05) is 17.3 Å². The summed E-state index contributed by atoms with van der Waals surface area (Å²) >= 11 is 0. The van der Waals surface area contributed by atoms with Crippen molar-refractivity contribution in [3.05, 3.63) is 88.5 Å². The summed E-state index contributed by atoms with van der Waals surface area (Å²) in [6.07, 6.45) is 0. The van der Waals surface area contributed by atoms with Crippen LogP contribution in [0, 0.1) is 13.8 Å². The van der Waals surface area contributed by atoms with Crippen LogP contribution >= 0.6 is 0 Å². The van der Waals surface area contributed by atoms with Gasteiger partial charge in [-0.2, -0.15) is 0 Å². The number of benzene rings is 3. The van der Waals surface area contributed by atoms with Gasteiger partial charge in [-0.3, -0.25) is 14.5 Å². The number of rotatable bonds is 6. The minimum Gasteiger partial charge on any atom is -0.507 e. The van der Waals surface area contributed by atoms with E-state index >= 15 is 0 Å². The third-order valence-electron chi connectivity index (χ3n) is 6.03.